The third kappa shape index (κ3) is 3.43. The van der Waals surface area contributed by atoms with E-state index in [-0.39, 0.29) is 23.7 Å². The Morgan fingerprint density at radius 2 is 1.97 bits per heavy atom. The molecule has 1 spiro atoms. The van der Waals surface area contributed by atoms with Crippen LogP contribution in [0, 0.1) is 11.8 Å². The number of fused-ring (bicyclic) bond motifs is 3. The lowest BCUT2D eigenvalue weighted by atomic mass is 9.71. The Morgan fingerprint density at radius 1 is 1.18 bits per heavy atom. The van der Waals surface area contributed by atoms with Crippen molar-refractivity contribution in [2.24, 2.45) is 11.8 Å². The topological polar surface area (TPSA) is 67.9 Å². The summed E-state index contributed by atoms with van der Waals surface area (Å²) in [7, 11) is 2.96. The highest BCUT2D eigenvalue weighted by Gasteiger charge is 2.59. The molecule has 3 heterocycles. The maximum atomic E-state index is 14.2. The van der Waals surface area contributed by atoms with Gasteiger partial charge in [-0.1, -0.05) is 55.8 Å². The van der Waals surface area contributed by atoms with Crippen molar-refractivity contribution in [2.45, 2.75) is 37.8 Å². The van der Waals surface area contributed by atoms with Gasteiger partial charge in [-0.15, -0.1) is 0 Å². The van der Waals surface area contributed by atoms with Gasteiger partial charge in [-0.25, -0.2) is 4.79 Å². The molecule has 0 saturated carbocycles. The number of methoxy groups -OCH3 is 2. The third-order valence-electron chi connectivity index (χ3n) is 8.05. The van der Waals surface area contributed by atoms with E-state index in [4.69, 9.17) is 9.47 Å². The summed E-state index contributed by atoms with van der Waals surface area (Å²) in [6.45, 7) is 3.87. The minimum Gasteiger partial charge on any atom is -0.504 e. The highest BCUT2D eigenvalue weighted by atomic mass is 16.5. The van der Waals surface area contributed by atoms with Crippen LogP contribution in [0.5, 0.6) is 0 Å². The van der Waals surface area contributed by atoms with Gasteiger partial charge in [0.1, 0.15) is 5.54 Å². The van der Waals surface area contributed by atoms with Crippen LogP contribution in [-0.2, 0) is 14.3 Å². The zero-order valence-corrected chi connectivity index (χ0v) is 20.0. The number of rotatable bonds is 5. The Kier molecular flexibility index (Phi) is 5.94. The molecule has 1 N–H and O–H groups in total. The summed E-state index contributed by atoms with van der Waals surface area (Å²) in [4.78, 5) is 29.3. The van der Waals surface area contributed by atoms with E-state index < -0.39 is 5.54 Å². The first-order valence-electron chi connectivity index (χ1n) is 12.1. The summed E-state index contributed by atoms with van der Waals surface area (Å²) in [5.74, 6) is 0.0795. The zero-order valence-electron chi connectivity index (χ0n) is 20.0. The minimum atomic E-state index is -0.682. The molecule has 0 amide bonds. The fraction of sp³-hybridized carbons (Fsp3) is 0.429. The standard InChI is InChI=1S/C28H32N2O4/c1-4-18-16-30-14-13-28(24(30)15-21(18)22(17-33-2)27(32)34-3)26(31)25-20(11-8-12-23(25)29-28)19-9-6-5-7-10-19/h5-12,17-18,21,24,29H,4,13-16H2,1-3H3/b22-17+/t18-,21+,24?,28+/m1/s1. The fourth-order valence-electron chi connectivity index (χ4n) is 6.40. The molecule has 0 aliphatic carbocycles. The molecule has 178 valence electrons. The molecule has 2 saturated heterocycles. The lowest BCUT2D eigenvalue weighted by molar-refractivity contribution is -0.137. The van der Waals surface area contributed by atoms with Gasteiger partial charge in [-0.05, 0) is 41.9 Å². The molecule has 4 atom stereocenters. The molecule has 34 heavy (non-hydrogen) atoms. The number of piperidine rings is 1. The lowest BCUT2D eigenvalue weighted by Crippen LogP contribution is -2.57. The predicted molar refractivity (Wildman–Crippen MR) is 132 cm³/mol. The van der Waals surface area contributed by atoms with Crippen molar-refractivity contribution in [2.75, 3.05) is 32.6 Å². The van der Waals surface area contributed by atoms with E-state index in [1.807, 2.05) is 36.4 Å². The first kappa shape index (κ1) is 22.7. The van der Waals surface area contributed by atoms with Crippen LogP contribution >= 0.6 is 0 Å². The Balaban J connectivity index is 1.53. The van der Waals surface area contributed by atoms with Crippen LogP contribution in [0.25, 0.3) is 11.1 Å². The average Bonchev–Trinajstić information content (AvgIpc) is 3.38. The van der Waals surface area contributed by atoms with Crippen molar-refractivity contribution in [3.63, 3.8) is 0 Å². The van der Waals surface area contributed by atoms with Crippen molar-refractivity contribution in [3.05, 3.63) is 65.9 Å². The number of Topliss-reactive ketones (excluding diaryl/α,β-unsaturated/α-hetero) is 1. The van der Waals surface area contributed by atoms with Crippen LogP contribution in [0.4, 0.5) is 5.69 Å². The molecular formula is C28H32N2O4. The number of ketones is 1. The molecule has 2 aromatic carbocycles. The van der Waals surface area contributed by atoms with E-state index in [2.05, 4.69) is 29.3 Å². The average molecular weight is 461 g/mol. The first-order chi connectivity index (χ1) is 16.5. The normalized spacial score (nSPS) is 28.4. The Labute approximate surface area is 200 Å². The number of carbonyl (C=O) groups excluding carboxylic acids is 2. The maximum absolute atomic E-state index is 14.2. The van der Waals surface area contributed by atoms with Crippen LogP contribution in [-0.4, -0.2) is 55.5 Å². The zero-order chi connectivity index (χ0) is 23.9. The van der Waals surface area contributed by atoms with Crippen LogP contribution in [0.2, 0.25) is 0 Å². The van der Waals surface area contributed by atoms with Gasteiger partial charge in [0, 0.05) is 24.8 Å². The molecule has 0 bridgehead atoms. The number of carbonyl (C=O) groups is 2. The van der Waals surface area contributed by atoms with E-state index in [1.165, 1.54) is 13.4 Å². The summed E-state index contributed by atoms with van der Waals surface area (Å²) in [6.07, 6.45) is 3.93. The number of anilines is 1. The predicted octanol–water partition coefficient (Wildman–Crippen LogP) is 4.52. The molecule has 1 unspecified atom stereocenters. The molecule has 0 radical (unpaired) electrons. The molecule has 2 aromatic rings. The highest BCUT2D eigenvalue weighted by molar-refractivity contribution is 6.18. The lowest BCUT2D eigenvalue weighted by Gasteiger charge is -2.45. The van der Waals surface area contributed by atoms with Gasteiger partial charge >= 0.3 is 5.97 Å². The van der Waals surface area contributed by atoms with E-state index in [0.717, 1.165) is 48.3 Å². The molecule has 6 nitrogen and oxygen atoms in total. The van der Waals surface area contributed by atoms with Crippen LogP contribution in [0.15, 0.2) is 60.4 Å². The van der Waals surface area contributed by atoms with Crippen molar-refractivity contribution in [3.8, 4) is 11.1 Å². The summed E-state index contributed by atoms with van der Waals surface area (Å²) >= 11 is 0. The molecule has 2 fully saturated rings. The third-order valence-corrected chi connectivity index (χ3v) is 8.05. The smallest absolute Gasteiger partial charge is 0.337 e. The number of esters is 1. The Hall–Kier alpha value is -3.12. The van der Waals surface area contributed by atoms with Crippen LogP contribution < -0.4 is 5.32 Å². The van der Waals surface area contributed by atoms with Gasteiger partial charge in [-0.3, -0.25) is 9.69 Å². The molecule has 3 aliphatic heterocycles. The van der Waals surface area contributed by atoms with Crippen molar-refractivity contribution in [1.82, 2.24) is 4.90 Å². The number of ether oxygens (including phenoxy) is 2. The maximum Gasteiger partial charge on any atom is 0.337 e. The van der Waals surface area contributed by atoms with Gasteiger partial charge in [-0.2, -0.15) is 0 Å². The van der Waals surface area contributed by atoms with Crippen LogP contribution in [0.3, 0.4) is 0 Å². The monoisotopic (exact) mass is 460 g/mol. The summed E-state index contributed by atoms with van der Waals surface area (Å²) in [5.41, 5.74) is 3.59. The number of nitrogens with one attached hydrogen (secondary N) is 1. The van der Waals surface area contributed by atoms with E-state index >= 15 is 0 Å². The van der Waals surface area contributed by atoms with Gasteiger partial charge < -0.3 is 14.8 Å². The van der Waals surface area contributed by atoms with E-state index in [1.54, 1.807) is 7.11 Å². The van der Waals surface area contributed by atoms with Crippen molar-refractivity contribution < 1.29 is 19.1 Å². The second-order valence-electron chi connectivity index (χ2n) is 9.59. The van der Waals surface area contributed by atoms with Gasteiger partial charge in [0.2, 0.25) is 0 Å². The van der Waals surface area contributed by atoms with Crippen molar-refractivity contribution in [1.29, 1.82) is 0 Å². The number of nitrogens with zero attached hydrogens (tertiary/aromatic N) is 1. The van der Waals surface area contributed by atoms with E-state index in [0.29, 0.717) is 17.9 Å². The van der Waals surface area contributed by atoms with Gasteiger partial charge in [0.15, 0.2) is 5.78 Å². The summed E-state index contributed by atoms with van der Waals surface area (Å²) in [5, 5.41) is 3.68. The second kappa shape index (κ2) is 8.91. The fourth-order valence-corrected chi connectivity index (χ4v) is 6.40. The quantitative estimate of drug-likeness (QED) is 0.402. The Bertz CT molecular complexity index is 1130. The molecule has 3 aliphatic rings. The first-order valence-corrected chi connectivity index (χ1v) is 12.1. The van der Waals surface area contributed by atoms with Crippen molar-refractivity contribution >= 4 is 17.4 Å². The summed E-state index contributed by atoms with van der Waals surface area (Å²) < 4.78 is 10.4. The van der Waals surface area contributed by atoms with Gasteiger partial charge in [0.05, 0.1) is 31.6 Å². The van der Waals surface area contributed by atoms with E-state index in [9.17, 15) is 9.59 Å². The molecule has 6 heteroatoms. The minimum absolute atomic E-state index is 0.00580. The van der Waals surface area contributed by atoms with Gasteiger partial charge in [0.25, 0.3) is 0 Å². The molecular weight excluding hydrogens is 428 g/mol. The number of benzene rings is 2. The molecule has 5 rings (SSSR count). The SMILES string of the molecule is CC[C@@H]1CN2CC[C@]3(Nc4cccc(-c5ccccc5)c4C3=O)C2C[C@@H]1/C(=C\OC)C(=O)OC. The van der Waals surface area contributed by atoms with Crippen LogP contribution in [0.1, 0.15) is 36.5 Å². The number of hydrogen-bond acceptors (Lipinski definition) is 6. The Morgan fingerprint density at radius 3 is 2.68 bits per heavy atom. The largest absolute Gasteiger partial charge is 0.504 e. The number of hydrogen-bond donors (Lipinski definition) is 1. The second-order valence-corrected chi connectivity index (χ2v) is 9.59. The highest BCUT2D eigenvalue weighted by Crippen LogP contribution is 2.50. The molecule has 0 aromatic heterocycles. The summed E-state index contributed by atoms with van der Waals surface area (Å²) in [6, 6.07) is 16.1.